The Morgan fingerprint density at radius 3 is 2.35 bits per heavy atom. The zero-order valence-electron chi connectivity index (χ0n) is 25.4. The number of hydrogen-bond acceptors (Lipinski definition) is 6. The summed E-state index contributed by atoms with van der Waals surface area (Å²) in [5, 5.41) is 9.49. The van der Waals surface area contributed by atoms with Crippen molar-refractivity contribution < 1.29 is 13.2 Å². The molecule has 0 N–H and O–H groups in total. The van der Waals surface area contributed by atoms with Crippen molar-refractivity contribution in [3.8, 4) is 6.07 Å². The first-order chi connectivity index (χ1) is 20.6. The van der Waals surface area contributed by atoms with Crippen LogP contribution < -0.4 is 4.90 Å². The Morgan fingerprint density at radius 1 is 0.953 bits per heavy atom. The SMILES string of the molecule is CC1(C)C2=C(C(=O)c3cc(C4=CCN(S(C)(=O)=O)CC4)c(N4CCC(N5CCCC5)CC4)cc31)c1ccc(C#N)cc1C2. The van der Waals surface area contributed by atoms with Crippen molar-refractivity contribution >= 4 is 32.6 Å². The molecule has 3 heterocycles. The quantitative estimate of drug-likeness (QED) is 0.485. The highest BCUT2D eigenvalue weighted by Crippen LogP contribution is 2.52. The minimum absolute atomic E-state index is 0.0579. The first-order valence-electron chi connectivity index (χ1n) is 15.7. The summed E-state index contributed by atoms with van der Waals surface area (Å²) in [6, 6.07) is 13.0. The maximum Gasteiger partial charge on any atom is 0.211 e. The second-order valence-electron chi connectivity index (χ2n) is 13.4. The second kappa shape index (κ2) is 10.4. The van der Waals surface area contributed by atoms with Crippen LogP contribution in [0.15, 0.2) is 42.0 Å². The van der Waals surface area contributed by atoms with Gasteiger partial charge in [0.1, 0.15) is 0 Å². The molecule has 7 nitrogen and oxygen atoms in total. The number of anilines is 1. The van der Waals surface area contributed by atoms with Crippen LogP contribution in [0.1, 0.15) is 84.1 Å². The molecule has 2 saturated heterocycles. The molecule has 2 aliphatic carbocycles. The largest absolute Gasteiger partial charge is 0.371 e. The fourth-order valence-electron chi connectivity index (χ4n) is 8.17. The third-order valence-corrected chi connectivity index (χ3v) is 11.9. The zero-order chi connectivity index (χ0) is 30.1. The van der Waals surface area contributed by atoms with E-state index in [-0.39, 0.29) is 11.2 Å². The predicted octanol–water partition coefficient (Wildman–Crippen LogP) is 5.16. The third kappa shape index (κ3) is 4.77. The van der Waals surface area contributed by atoms with Gasteiger partial charge < -0.3 is 9.80 Å². The van der Waals surface area contributed by atoms with Gasteiger partial charge in [0.15, 0.2) is 5.78 Å². The van der Waals surface area contributed by atoms with Gasteiger partial charge in [-0.3, -0.25) is 4.79 Å². The summed E-state index contributed by atoms with van der Waals surface area (Å²) in [6.45, 7) is 9.64. The van der Waals surface area contributed by atoms with Gasteiger partial charge in [0.05, 0.1) is 17.9 Å². The number of allylic oxidation sites excluding steroid dienone is 2. The molecule has 43 heavy (non-hydrogen) atoms. The van der Waals surface area contributed by atoms with Crippen LogP contribution in [0.5, 0.6) is 0 Å². The minimum Gasteiger partial charge on any atom is -0.371 e. The van der Waals surface area contributed by atoms with Gasteiger partial charge in [-0.1, -0.05) is 26.0 Å². The molecule has 0 bridgehead atoms. The third-order valence-electron chi connectivity index (χ3n) is 10.7. The summed E-state index contributed by atoms with van der Waals surface area (Å²) in [7, 11) is -3.26. The molecule has 2 aromatic carbocycles. The molecule has 224 valence electrons. The molecule has 0 spiro atoms. The number of ketones is 1. The number of nitrogens with zero attached hydrogens (tertiary/aromatic N) is 4. The van der Waals surface area contributed by atoms with Crippen molar-refractivity contribution in [3.05, 3.63) is 75.4 Å². The Morgan fingerprint density at radius 2 is 1.70 bits per heavy atom. The average molecular weight is 597 g/mol. The van der Waals surface area contributed by atoms with Crippen LogP contribution in [0.4, 0.5) is 5.69 Å². The lowest BCUT2D eigenvalue weighted by atomic mass is 9.67. The van der Waals surface area contributed by atoms with Gasteiger partial charge in [-0.2, -0.15) is 9.57 Å². The van der Waals surface area contributed by atoms with E-state index in [1.54, 1.807) is 0 Å². The Bertz CT molecular complexity index is 1730. The number of likely N-dealkylation sites (tertiary alicyclic amines) is 1. The lowest BCUT2D eigenvalue weighted by Crippen LogP contribution is -2.44. The van der Waals surface area contributed by atoms with Crippen LogP contribution in [-0.2, 0) is 21.9 Å². The van der Waals surface area contributed by atoms with E-state index in [1.807, 2.05) is 24.3 Å². The van der Waals surface area contributed by atoms with Gasteiger partial charge in [-0.25, -0.2) is 8.42 Å². The van der Waals surface area contributed by atoms with Gasteiger partial charge >= 0.3 is 0 Å². The van der Waals surface area contributed by atoms with Crippen LogP contribution in [0.25, 0.3) is 11.1 Å². The standard InChI is InChI=1S/C35H40N4O3S/c1-35(2)30-21-32(38-14-10-26(11-15-38)37-12-4-5-13-37)28(24-8-16-39(17-9-24)43(3,41)42)20-29(30)34(40)33-27-7-6-23(22-36)18-25(27)19-31(33)35/h6-8,18,20-21,26H,4-5,9-17,19H2,1-3H3. The topological polar surface area (TPSA) is 84.7 Å². The molecule has 2 fully saturated rings. The van der Waals surface area contributed by atoms with Gasteiger partial charge in [-0.15, -0.1) is 0 Å². The highest BCUT2D eigenvalue weighted by Gasteiger charge is 2.44. The number of sulfonamides is 1. The van der Waals surface area contributed by atoms with Crippen molar-refractivity contribution in [1.29, 1.82) is 5.26 Å². The van der Waals surface area contributed by atoms with Gasteiger partial charge in [0, 0.05) is 60.0 Å². The van der Waals surface area contributed by atoms with Crippen LogP contribution >= 0.6 is 0 Å². The van der Waals surface area contributed by atoms with E-state index < -0.39 is 10.0 Å². The Kier molecular flexibility index (Phi) is 6.92. The highest BCUT2D eigenvalue weighted by atomic mass is 32.2. The molecule has 8 heteroatoms. The number of hydrogen-bond donors (Lipinski definition) is 0. The first-order valence-corrected chi connectivity index (χ1v) is 17.5. The van der Waals surface area contributed by atoms with Gasteiger partial charge in [0.2, 0.25) is 10.0 Å². The van der Waals surface area contributed by atoms with Crippen molar-refractivity contribution in [2.24, 2.45) is 0 Å². The van der Waals surface area contributed by atoms with E-state index in [0.717, 1.165) is 70.5 Å². The molecular formula is C35H40N4O3S. The minimum atomic E-state index is -3.26. The molecule has 5 aliphatic rings. The Labute approximate surface area is 255 Å². The Balaban J connectivity index is 1.30. The maximum absolute atomic E-state index is 14.4. The van der Waals surface area contributed by atoms with Crippen LogP contribution in [0.2, 0.25) is 0 Å². The molecule has 2 aromatic rings. The molecular weight excluding hydrogens is 556 g/mol. The average Bonchev–Trinajstić information content (AvgIpc) is 3.68. The van der Waals surface area contributed by atoms with E-state index in [0.29, 0.717) is 37.5 Å². The second-order valence-corrected chi connectivity index (χ2v) is 15.4. The number of Topliss-reactive ketones (excluding diaryl/α,β-unsaturated/α-hetero) is 1. The number of rotatable bonds is 4. The lowest BCUT2D eigenvalue weighted by molar-refractivity contribution is 0.105. The molecule has 0 saturated carbocycles. The summed E-state index contributed by atoms with van der Waals surface area (Å²) in [4.78, 5) is 19.5. The molecule has 7 rings (SSSR count). The summed E-state index contributed by atoms with van der Waals surface area (Å²) >= 11 is 0. The molecule has 0 atom stereocenters. The van der Waals surface area contributed by atoms with E-state index in [1.165, 1.54) is 42.2 Å². The lowest BCUT2D eigenvalue weighted by Gasteiger charge is -2.41. The van der Waals surface area contributed by atoms with E-state index >= 15 is 0 Å². The molecule has 0 amide bonds. The van der Waals surface area contributed by atoms with Crippen molar-refractivity contribution in [1.82, 2.24) is 9.21 Å². The van der Waals surface area contributed by atoms with Crippen molar-refractivity contribution in [2.45, 2.75) is 63.8 Å². The first kappa shape index (κ1) is 28.5. The number of nitriles is 1. The maximum atomic E-state index is 14.4. The van der Waals surface area contributed by atoms with Crippen LogP contribution in [0.3, 0.4) is 0 Å². The summed E-state index contributed by atoms with van der Waals surface area (Å²) in [5.41, 5.74) is 9.39. The highest BCUT2D eigenvalue weighted by molar-refractivity contribution is 7.88. The smallest absolute Gasteiger partial charge is 0.211 e. The zero-order valence-corrected chi connectivity index (χ0v) is 26.3. The van der Waals surface area contributed by atoms with E-state index in [2.05, 4.69) is 41.8 Å². The molecule has 0 aromatic heterocycles. The summed E-state index contributed by atoms with van der Waals surface area (Å²) in [6.07, 6.45) is 9.48. The van der Waals surface area contributed by atoms with Crippen LogP contribution in [0, 0.1) is 11.3 Å². The monoisotopic (exact) mass is 596 g/mol. The predicted molar refractivity (Wildman–Crippen MR) is 171 cm³/mol. The molecule has 3 aliphatic heterocycles. The molecule has 0 unspecified atom stereocenters. The number of benzene rings is 2. The Hall–Kier alpha value is -3.25. The van der Waals surface area contributed by atoms with Gasteiger partial charge in [-0.05, 0) is 104 Å². The van der Waals surface area contributed by atoms with E-state index in [9.17, 15) is 18.5 Å². The van der Waals surface area contributed by atoms with Crippen molar-refractivity contribution in [2.75, 3.05) is 50.4 Å². The number of piperidine rings is 1. The molecule has 0 radical (unpaired) electrons. The van der Waals surface area contributed by atoms with Gasteiger partial charge in [0.25, 0.3) is 0 Å². The van der Waals surface area contributed by atoms with Crippen LogP contribution in [-0.4, -0.2) is 75.0 Å². The number of fused-ring (bicyclic) bond motifs is 3. The fraction of sp³-hybridized carbons (Fsp3) is 0.486. The number of carbonyl (C=O) groups is 1. The normalized spacial score (nSPS) is 22.7. The summed E-state index contributed by atoms with van der Waals surface area (Å²) in [5.74, 6) is 0.0579. The number of carbonyl (C=O) groups excluding carboxylic acids is 1. The fourth-order valence-corrected chi connectivity index (χ4v) is 8.94. The van der Waals surface area contributed by atoms with Crippen molar-refractivity contribution in [3.63, 3.8) is 0 Å². The van der Waals surface area contributed by atoms with E-state index in [4.69, 9.17) is 0 Å². The summed E-state index contributed by atoms with van der Waals surface area (Å²) < 4.78 is 26.0.